The van der Waals surface area contributed by atoms with Crippen molar-refractivity contribution in [1.29, 1.82) is 0 Å². The van der Waals surface area contributed by atoms with E-state index in [1.807, 2.05) is 13.8 Å². The molecule has 0 spiro atoms. The molecule has 0 atom stereocenters. The molecule has 1 rings (SSSR count). The summed E-state index contributed by atoms with van der Waals surface area (Å²) in [6, 6.07) is 0. The summed E-state index contributed by atoms with van der Waals surface area (Å²) in [7, 11) is 1.62. The van der Waals surface area contributed by atoms with E-state index in [-0.39, 0.29) is 22.8 Å². The van der Waals surface area contributed by atoms with Gasteiger partial charge in [0.05, 0.1) is 5.56 Å². The number of hydrogen-bond donors (Lipinski definition) is 2. The number of H-pyrrole nitrogens is 1. The number of hydrogen-bond acceptors (Lipinski definition) is 4. The lowest BCUT2D eigenvalue weighted by Crippen LogP contribution is -2.36. The molecule has 0 aliphatic heterocycles. The highest BCUT2D eigenvalue weighted by Gasteiger charge is 2.23. The van der Waals surface area contributed by atoms with Gasteiger partial charge in [0.1, 0.15) is 0 Å². The Kier molecular flexibility index (Phi) is 5.16. The maximum absolute atomic E-state index is 11.9. The largest absolute Gasteiger partial charge is 0.494 e. The van der Waals surface area contributed by atoms with Crippen molar-refractivity contribution in [3.05, 3.63) is 26.4 Å². The smallest absolute Gasteiger partial charge is 0.331 e. The highest BCUT2D eigenvalue weighted by molar-refractivity contribution is 5.25. The van der Waals surface area contributed by atoms with Crippen LogP contribution in [0.5, 0.6) is 5.88 Å². The van der Waals surface area contributed by atoms with E-state index in [1.165, 1.54) is 4.57 Å². The highest BCUT2D eigenvalue weighted by atomic mass is 16.5. The van der Waals surface area contributed by atoms with Crippen molar-refractivity contribution < 1.29 is 9.84 Å². The highest BCUT2D eigenvalue weighted by Crippen LogP contribution is 2.26. The molecule has 0 saturated carbocycles. The molecule has 1 aromatic rings. The van der Waals surface area contributed by atoms with Crippen LogP contribution in [0.2, 0.25) is 0 Å². The van der Waals surface area contributed by atoms with Crippen LogP contribution in [-0.4, -0.2) is 28.4 Å². The zero-order valence-electron chi connectivity index (χ0n) is 12.8. The molecule has 0 aromatic carbocycles. The van der Waals surface area contributed by atoms with Gasteiger partial charge in [-0.05, 0) is 17.8 Å². The van der Waals surface area contributed by atoms with Gasteiger partial charge in [-0.25, -0.2) is 4.79 Å². The van der Waals surface area contributed by atoms with Crippen LogP contribution in [0.25, 0.3) is 0 Å². The number of rotatable bonds is 6. The topological polar surface area (TPSA) is 84.3 Å². The average molecular weight is 284 g/mol. The Morgan fingerprint density at radius 1 is 1.35 bits per heavy atom. The second-order valence-electron chi connectivity index (χ2n) is 6.14. The molecule has 0 aliphatic rings. The van der Waals surface area contributed by atoms with Crippen LogP contribution in [0.15, 0.2) is 9.59 Å². The minimum Gasteiger partial charge on any atom is -0.494 e. The third-order valence-electron chi connectivity index (χ3n) is 3.35. The second kappa shape index (κ2) is 6.26. The van der Waals surface area contributed by atoms with E-state index in [2.05, 4.69) is 4.98 Å². The molecular weight excluding hydrogens is 260 g/mol. The molecule has 20 heavy (non-hydrogen) atoms. The predicted molar refractivity (Wildman–Crippen MR) is 77.4 cm³/mol. The maximum atomic E-state index is 11.9. The van der Waals surface area contributed by atoms with Crippen LogP contribution < -0.4 is 11.2 Å². The Bertz CT molecular complexity index is 570. The molecule has 6 nitrogen and oxygen atoms in total. The molecule has 6 heteroatoms. The number of aromatic nitrogens is 2. The fraction of sp³-hybridized carbons (Fsp3) is 0.714. The fourth-order valence-corrected chi connectivity index (χ4v) is 2.13. The van der Waals surface area contributed by atoms with Crippen molar-refractivity contribution in [3.63, 3.8) is 0 Å². The number of nitrogens with zero attached hydrogens (tertiary/aromatic N) is 1. The molecular formula is C14H24N2O4. The van der Waals surface area contributed by atoms with Crippen LogP contribution in [0.3, 0.4) is 0 Å². The van der Waals surface area contributed by atoms with Crippen LogP contribution in [0.4, 0.5) is 0 Å². The number of aromatic hydroxyl groups is 1. The molecule has 0 fully saturated rings. The summed E-state index contributed by atoms with van der Waals surface area (Å²) in [5.74, 6) is -0.396. The maximum Gasteiger partial charge on any atom is 0.331 e. The molecule has 0 aliphatic carbocycles. The van der Waals surface area contributed by atoms with E-state index in [0.29, 0.717) is 13.2 Å². The van der Waals surface area contributed by atoms with Crippen molar-refractivity contribution in [2.75, 3.05) is 13.7 Å². The second-order valence-corrected chi connectivity index (χ2v) is 6.14. The number of aromatic amines is 1. The molecule has 0 unspecified atom stereocenters. The monoisotopic (exact) mass is 284 g/mol. The Morgan fingerprint density at radius 3 is 2.45 bits per heavy atom. The molecule has 0 bridgehead atoms. The number of ether oxygens (including phenoxy) is 1. The number of nitrogens with one attached hydrogen (secondary N) is 1. The van der Waals surface area contributed by atoms with E-state index in [0.717, 1.165) is 6.42 Å². The van der Waals surface area contributed by atoms with Gasteiger partial charge >= 0.3 is 5.69 Å². The van der Waals surface area contributed by atoms with Crippen LogP contribution in [0.1, 0.15) is 45.6 Å². The summed E-state index contributed by atoms with van der Waals surface area (Å²) in [6.45, 7) is 8.46. The van der Waals surface area contributed by atoms with Crippen molar-refractivity contribution in [2.45, 2.75) is 46.6 Å². The Labute approximate surface area is 118 Å². The zero-order valence-corrected chi connectivity index (χ0v) is 12.8. The predicted octanol–water partition coefficient (Wildman–Crippen LogP) is 1.43. The van der Waals surface area contributed by atoms with Crippen molar-refractivity contribution in [2.24, 2.45) is 5.41 Å². The van der Waals surface area contributed by atoms with E-state index >= 15 is 0 Å². The SMILES string of the molecule is COCCC(C)(C)Cn1c(O)c(C(C)C)c(=O)[nH]c1=O. The van der Waals surface area contributed by atoms with Gasteiger partial charge in [0, 0.05) is 20.3 Å². The minimum absolute atomic E-state index is 0.160. The van der Waals surface area contributed by atoms with Gasteiger partial charge in [-0.1, -0.05) is 27.7 Å². The van der Waals surface area contributed by atoms with Crippen molar-refractivity contribution in [1.82, 2.24) is 9.55 Å². The molecule has 0 radical (unpaired) electrons. The first-order valence-electron chi connectivity index (χ1n) is 6.74. The molecule has 1 heterocycles. The summed E-state index contributed by atoms with van der Waals surface area (Å²) >= 11 is 0. The summed E-state index contributed by atoms with van der Waals surface area (Å²) in [6.07, 6.45) is 0.742. The average Bonchev–Trinajstić information content (AvgIpc) is 2.31. The van der Waals surface area contributed by atoms with E-state index in [9.17, 15) is 14.7 Å². The van der Waals surface area contributed by atoms with Gasteiger partial charge in [0.25, 0.3) is 5.56 Å². The lowest BCUT2D eigenvalue weighted by Gasteiger charge is -2.26. The van der Waals surface area contributed by atoms with Crippen LogP contribution in [0, 0.1) is 5.41 Å². The summed E-state index contributed by atoms with van der Waals surface area (Å²) in [5, 5.41) is 10.2. The lowest BCUT2D eigenvalue weighted by atomic mass is 9.89. The van der Waals surface area contributed by atoms with Gasteiger partial charge in [-0.3, -0.25) is 14.3 Å². The molecule has 0 saturated heterocycles. The quantitative estimate of drug-likeness (QED) is 0.827. The zero-order chi connectivity index (χ0) is 15.5. The van der Waals surface area contributed by atoms with E-state index in [4.69, 9.17) is 4.74 Å². The van der Waals surface area contributed by atoms with E-state index in [1.54, 1.807) is 21.0 Å². The van der Waals surface area contributed by atoms with Gasteiger partial charge in [-0.15, -0.1) is 0 Å². The first-order valence-corrected chi connectivity index (χ1v) is 6.74. The minimum atomic E-state index is -0.581. The molecule has 2 N–H and O–H groups in total. The number of methoxy groups -OCH3 is 1. The third kappa shape index (κ3) is 3.72. The Hall–Kier alpha value is -1.56. The summed E-state index contributed by atoms with van der Waals surface area (Å²) < 4.78 is 6.28. The van der Waals surface area contributed by atoms with Gasteiger partial charge in [0.2, 0.25) is 5.88 Å². The van der Waals surface area contributed by atoms with Gasteiger partial charge < -0.3 is 9.84 Å². The summed E-state index contributed by atoms with van der Waals surface area (Å²) in [4.78, 5) is 25.9. The van der Waals surface area contributed by atoms with E-state index < -0.39 is 11.2 Å². The normalized spacial score (nSPS) is 12.1. The summed E-state index contributed by atoms with van der Waals surface area (Å²) in [5.41, 5.74) is -1.09. The van der Waals surface area contributed by atoms with Crippen LogP contribution >= 0.6 is 0 Å². The molecule has 1 aromatic heterocycles. The lowest BCUT2D eigenvalue weighted by molar-refractivity contribution is 0.139. The van der Waals surface area contributed by atoms with Gasteiger partial charge in [0.15, 0.2) is 0 Å². The molecule has 114 valence electrons. The Balaban J connectivity index is 3.23. The third-order valence-corrected chi connectivity index (χ3v) is 3.35. The van der Waals surface area contributed by atoms with Crippen molar-refractivity contribution >= 4 is 0 Å². The standard InChI is InChI=1S/C14H24N2O4/c1-9(2)10-11(17)15-13(19)16(12(10)18)8-14(3,4)6-7-20-5/h9,18H,6-8H2,1-5H3,(H,15,17,19). The van der Waals surface area contributed by atoms with Crippen LogP contribution in [-0.2, 0) is 11.3 Å². The first kappa shape index (κ1) is 16.5. The Morgan fingerprint density at radius 2 is 1.95 bits per heavy atom. The van der Waals surface area contributed by atoms with Crippen molar-refractivity contribution in [3.8, 4) is 5.88 Å². The fourth-order valence-electron chi connectivity index (χ4n) is 2.13. The molecule has 0 amide bonds. The van der Waals surface area contributed by atoms with Gasteiger partial charge in [-0.2, -0.15) is 0 Å². The first-order chi connectivity index (χ1) is 9.19.